The van der Waals surface area contributed by atoms with E-state index >= 15 is 0 Å². The molecule has 298 valence electrons. The summed E-state index contributed by atoms with van der Waals surface area (Å²) in [5.41, 5.74) is 20.9. The lowest BCUT2D eigenvalue weighted by molar-refractivity contribution is -0.143. The van der Waals surface area contributed by atoms with Gasteiger partial charge in [-0.3, -0.25) is 24.0 Å². The predicted octanol–water partition coefficient (Wildman–Crippen LogP) is 0.512. The number of hydrogen-bond donors (Lipinski definition) is 6. The highest BCUT2D eigenvalue weighted by molar-refractivity contribution is 5.99. The van der Waals surface area contributed by atoms with E-state index < -0.39 is 53.7 Å². The van der Waals surface area contributed by atoms with Gasteiger partial charge in [-0.1, -0.05) is 29.8 Å². The molecule has 1 heterocycles. The van der Waals surface area contributed by atoms with E-state index in [1.807, 2.05) is 13.0 Å². The topological polar surface area (TPSA) is 248 Å². The molecule has 4 rings (SSSR count). The van der Waals surface area contributed by atoms with E-state index in [1.165, 1.54) is 30.8 Å². The molecule has 5 amide bonds. The van der Waals surface area contributed by atoms with Gasteiger partial charge in [0, 0.05) is 50.3 Å². The smallest absolute Gasteiger partial charge is 0.254 e. The second-order valence-corrected chi connectivity index (χ2v) is 13.5. The molecule has 3 aromatic carbocycles. The molecule has 0 radical (unpaired) electrons. The lowest BCUT2D eigenvalue weighted by Crippen LogP contribution is -2.56. The van der Waals surface area contributed by atoms with Crippen LogP contribution in [0.25, 0.3) is 11.1 Å². The van der Waals surface area contributed by atoms with Crippen LogP contribution in [0.1, 0.15) is 46.4 Å². The molecule has 4 bridgehead atoms. The molecule has 1 aliphatic rings. The Labute approximate surface area is 326 Å². The van der Waals surface area contributed by atoms with Gasteiger partial charge in [0.25, 0.3) is 5.91 Å². The van der Waals surface area contributed by atoms with Crippen LogP contribution in [0.5, 0.6) is 11.5 Å². The number of ether oxygens (including phenoxy) is 2. The third-order valence-corrected chi connectivity index (χ3v) is 9.37. The van der Waals surface area contributed by atoms with Gasteiger partial charge in [0.2, 0.25) is 23.6 Å². The van der Waals surface area contributed by atoms with Crippen LogP contribution in [0.2, 0.25) is 0 Å². The van der Waals surface area contributed by atoms with Crippen LogP contribution in [0, 0.1) is 18.3 Å². The Balaban J connectivity index is 1.90. The summed E-state index contributed by atoms with van der Waals surface area (Å²) in [6.07, 6.45) is 0.106. The lowest BCUT2D eigenvalue weighted by Gasteiger charge is -2.35. The maximum atomic E-state index is 14.5. The van der Waals surface area contributed by atoms with Crippen LogP contribution in [-0.2, 0) is 25.6 Å². The Morgan fingerprint density at radius 1 is 0.893 bits per heavy atom. The molecule has 16 heteroatoms. The number of amides is 5. The van der Waals surface area contributed by atoms with Gasteiger partial charge < -0.3 is 52.4 Å². The molecule has 0 unspecified atom stereocenters. The van der Waals surface area contributed by atoms with Crippen molar-refractivity contribution in [3.8, 4) is 28.7 Å². The molecule has 0 aromatic heterocycles. The minimum Gasteiger partial charge on any atom is -0.492 e. The van der Waals surface area contributed by atoms with Crippen molar-refractivity contribution in [3.05, 3.63) is 82.9 Å². The number of nitrogens with one attached hydrogen (secondary N) is 3. The first-order chi connectivity index (χ1) is 26.8. The van der Waals surface area contributed by atoms with Crippen molar-refractivity contribution >= 4 is 29.5 Å². The van der Waals surface area contributed by atoms with Crippen molar-refractivity contribution in [1.82, 2.24) is 25.8 Å². The molecule has 0 aliphatic carbocycles. The number of likely N-dealkylation sites (N-methyl/N-ethyl adjacent to an activating group) is 2. The van der Waals surface area contributed by atoms with E-state index in [4.69, 9.17) is 31.9 Å². The SMILES string of the molecule is Cc1ccc(C(=O)N(C)[C@@H](CCN)C(=O)N(C)[C@@H]2C(=O)N[C@@H](C)C(=O)N[C@H](C(=O)NCC#N)Cc3ccc(OCCN)c(c3)-c3cc2ccc3OCCN)cc1. The maximum absolute atomic E-state index is 14.5. The van der Waals surface area contributed by atoms with Crippen LogP contribution in [0.4, 0.5) is 0 Å². The van der Waals surface area contributed by atoms with Crippen molar-refractivity contribution in [2.75, 3.05) is 53.5 Å². The zero-order valence-electron chi connectivity index (χ0n) is 32.2. The second-order valence-electron chi connectivity index (χ2n) is 13.5. The molecular formula is C40H51N9O7. The van der Waals surface area contributed by atoms with E-state index in [0.29, 0.717) is 39.3 Å². The van der Waals surface area contributed by atoms with Crippen molar-refractivity contribution in [1.29, 1.82) is 5.26 Å². The Morgan fingerprint density at radius 2 is 1.52 bits per heavy atom. The summed E-state index contributed by atoms with van der Waals surface area (Å²) in [5.74, 6) is -2.20. The van der Waals surface area contributed by atoms with Gasteiger partial charge in [0.05, 0.1) is 6.07 Å². The van der Waals surface area contributed by atoms with Gasteiger partial charge in [-0.15, -0.1) is 0 Å². The fraction of sp³-hybridized carbons (Fsp3) is 0.400. The number of nitrogens with two attached hydrogens (primary N) is 3. The van der Waals surface area contributed by atoms with E-state index in [2.05, 4.69) is 16.0 Å². The molecule has 0 fully saturated rings. The van der Waals surface area contributed by atoms with E-state index in [0.717, 1.165) is 5.56 Å². The minimum absolute atomic E-state index is 0.0176. The molecule has 0 saturated heterocycles. The molecule has 3 aromatic rings. The number of rotatable bonds is 14. The number of nitriles is 1. The molecule has 0 spiro atoms. The van der Waals surface area contributed by atoms with Gasteiger partial charge in [-0.25, -0.2) is 0 Å². The molecule has 56 heavy (non-hydrogen) atoms. The Hall–Kier alpha value is -6.02. The van der Waals surface area contributed by atoms with Crippen LogP contribution in [-0.4, -0.2) is 111 Å². The predicted molar refractivity (Wildman–Crippen MR) is 209 cm³/mol. The summed E-state index contributed by atoms with van der Waals surface area (Å²) >= 11 is 0. The highest BCUT2D eigenvalue weighted by atomic mass is 16.5. The third kappa shape index (κ3) is 10.4. The molecule has 4 atom stereocenters. The van der Waals surface area contributed by atoms with Crippen LogP contribution in [0.15, 0.2) is 60.7 Å². The highest BCUT2D eigenvalue weighted by Crippen LogP contribution is 2.40. The van der Waals surface area contributed by atoms with Gasteiger partial charge in [-0.2, -0.15) is 5.26 Å². The van der Waals surface area contributed by atoms with Crippen molar-refractivity contribution in [3.63, 3.8) is 0 Å². The maximum Gasteiger partial charge on any atom is 0.254 e. The summed E-state index contributed by atoms with van der Waals surface area (Å²) in [6, 6.07) is 14.3. The first-order valence-electron chi connectivity index (χ1n) is 18.3. The number of hydrogen-bond acceptors (Lipinski definition) is 11. The van der Waals surface area contributed by atoms with Gasteiger partial charge in [0.15, 0.2) is 0 Å². The Kier molecular flexibility index (Phi) is 15.3. The summed E-state index contributed by atoms with van der Waals surface area (Å²) < 4.78 is 12.1. The quantitative estimate of drug-likeness (QED) is 0.123. The number of nitrogens with zero attached hydrogens (tertiary/aromatic N) is 3. The van der Waals surface area contributed by atoms with Crippen molar-refractivity contribution < 1.29 is 33.4 Å². The number of carbonyl (C=O) groups is 5. The molecule has 16 nitrogen and oxygen atoms in total. The first kappa shape index (κ1) is 42.7. The average molecular weight is 770 g/mol. The summed E-state index contributed by atoms with van der Waals surface area (Å²) in [5, 5.41) is 17.0. The van der Waals surface area contributed by atoms with Crippen LogP contribution in [0.3, 0.4) is 0 Å². The van der Waals surface area contributed by atoms with E-state index in [1.54, 1.807) is 60.7 Å². The largest absolute Gasteiger partial charge is 0.492 e. The number of carbonyl (C=O) groups excluding carboxylic acids is 5. The molecular weight excluding hydrogens is 718 g/mol. The monoisotopic (exact) mass is 769 g/mol. The molecule has 9 N–H and O–H groups in total. The Morgan fingerprint density at radius 3 is 2.12 bits per heavy atom. The lowest BCUT2D eigenvalue weighted by atomic mass is 9.93. The van der Waals surface area contributed by atoms with E-state index in [-0.39, 0.29) is 52.2 Å². The van der Waals surface area contributed by atoms with Crippen molar-refractivity contribution in [2.24, 2.45) is 17.2 Å². The van der Waals surface area contributed by atoms with Crippen LogP contribution < -0.4 is 42.6 Å². The van der Waals surface area contributed by atoms with Crippen molar-refractivity contribution in [2.45, 2.75) is 50.9 Å². The van der Waals surface area contributed by atoms with Gasteiger partial charge >= 0.3 is 0 Å². The number of fused-ring (bicyclic) bond motifs is 5. The fourth-order valence-corrected chi connectivity index (χ4v) is 6.38. The summed E-state index contributed by atoms with van der Waals surface area (Å²) in [7, 11) is 2.95. The summed E-state index contributed by atoms with van der Waals surface area (Å²) in [6.45, 7) is 3.85. The zero-order chi connectivity index (χ0) is 40.9. The highest BCUT2D eigenvalue weighted by Gasteiger charge is 2.37. The van der Waals surface area contributed by atoms with Crippen LogP contribution >= 0.6 is 0 Å². The first-order valence-corrected chi connectivity index (χ1v) is 18.3. The number of aryl methyl sites for hydroxylation is 1. The van der Waals surface area contributed by atoms with E-state index in [9.17, 15) is 24.0 Å². The minimum atomic E-state index is -1.35. The normalized spacial score (nSPS) is 17.2. The third-order valence-electron chi connectivity index (χ3n) is 9.37. The standard InChI is InChI=1S/C40H51N9O7/c1-24-5-8-27(9-6-24)39(53)48(3)32(13-14-41)40(54)49(4)35-28-10-12-34(56-20-17-44)30(23-28)29-21-26(7-11-33(29)55-19-16-43)22-31(37(51)45-18-15-42)47-36(50)25(2)46-38(35)52/h5-12,21,23,25,31-32,35H,13-14,16-20,22,41,43-44H2,1-4H3,(H,45,51)(H,46,52)(H,47,50)/t25-,31-,32-,35-/m0/s1. The average Bonchev–Trinajstić information content (AvgIpc) is 3.19. The fourth-order valence-electron chi connectivity index (χ4n) is 6.38. The molecule has 0 saturated carbocycles. The molecule has 1 aliphatic heterocycles. The number of benzene rings is 3. The zero-order valence-corrected chi connectivity index (χ0v) is 32.2. The van der Waals surface area contributed by atoms with Gasteiger partial charge in [0.1, 0.15) is 55.4 Å². The Bertz CT molecular complexity index is 1930. The van der Waals surface area contributed by atoms with Gasteiger partial charge in [-0.05, 0) is 74.3 Å². The summed E-state index contributed by atoms with van der Waals surface area (Å²) in [4.78, 5) is 72.0. The second kappa shape index (κ2) is 20.1.